The minimum atomic E-state index is -0.287. The highest BCUT2D eigenvalue weighted by Gasteiger charge is 2.16. The zero-order valence-corrected chi connectivity index (χ0v) is 14.2. The van der Waals surface area contributed by atoms with Crippen molar-refractivity contribution in [3.05, 3.63) is 28.8 Å². The third kappa shape index (κ3) is 5.51. The van der Waals surface area contributed by atoms with E-state index in [-0.39, 0.29) is 18.2 Å². The predicted molar refractivity (Wildman–Crippen MR) is 86.4 cm³/mol. The van der Waals surface area contributed by atoms with Crippen LogP contribution in [-0.2, 0) is 9.53 Å². The molecular formula is C18H26O4. The Balaban J connectivity index is 2.86. The molecule has 0 spiro atoms. The van der Waals surface area contributed by atoms with Crippen molar-refractivity contribution < 1.29 is 19.1 Å². The fourth-order valence-electron chi connectivity index (χ4n) is 2.23. The molecule has 0 saturated heterocycles. The minimum absolute atomic E-state index is 0.00876. The van der Waals surface area contributed by atoms with Crippen molar-refractivity contribution in [2.45, 2.75) is 47.0 Å². The zero-order chi connectivity index (χ0) is 16.7. The topological polar surface area (TPSA) is 52.6 Å². The van der Waals surface area contributed by atoms with Crippen molar-refractivity contribution in [1.29, 1.82) is 0 Å². The van der Waals surface area contributed by atoms with Gasteiger partial charge in [-0.2, -0.15) is 0 Å². The molecule has 4 nitrogen and oxygen atoms in total. The van der Waals surface area contributed by atoms with Crippen LogP contribution < -0.4 is 4.74 Å². The van der Waals surface area contributed by atoms with E-state index in [1.54, 1.807) is 0 Å². The SMILES string of the molecule is COC(=O)CCCC(=O)c1cc(C)cc(C)c1OCC(C)C. The van der Waals surface area contributed by atoms with Gasteiger partial charge in [0, 0.05) is 12.8 Å². The quantitative estimate of drug-likeness (QED) is 0.540. The van der Waals surface area contributed by atoms with Crippen LogP contribution in [-0.4, -0.2) is 25.5 Å². The Morgan fingerprint density at radius 2 is 1.82 bits per heavy atom. The van der Waals surface area contributed by atoms with Gasteiger partial charge in [0.05, 0.1) is 19.3 Å². The second-order valence-electron chi connectivity index (χ2n) is 6.02. The Morgan fingerprint density at radius 3 is 2.41 bits per heavy atom. The third-order valence-electron chi connectivity index (χ3n) is 3.29. The lowest BCUT2D eigenvalue weighted by Gasteiger charge is -2.16. The van der Waals surface area contributed by atoms with Crippen LogP contribution in [0.4, 0.5) is 0 Å². The van der Waals surface area contributed by atoms with E-state index in [0.29, 0.717) is 36.7 Å². The fraction of sp³-hybridized carbons (Fsp3) is 0.556. The Hall–Kier alpha value is -1.84. The van der Waals surface area contributed by atoms with E-state index in [1.165, 1.54) is 7.11 Å². The lowest BCUT2D eigenvalue weighted by molar-refractivity contribution is -0.140. The summed E-state index contributed by atoms with van der Waals surface area (Å²) in [6, 6.07) is 3.88. The smallest absolute Gasteiger partial charge is 0.305 e. The molecule has 4 heteroatoms. The molecule has 0 radical (unpaired) electrons. The molecule has 0 aromatic heterocycles. The van der Waals surface area contributed by atoms with Gasteiger partial charge in [0.15, 0.2) is 5.78 Å². The highest BCUT2D eigenvalue weighted by atomic mass is 16.5. The summed E-state index contributed by atoms with van der Waals surface area (Å²) in [6.45, 7) is 8.63. The van der Waals surface area contributed by atoms with E-state index < -0.39 is 0 Å². The number of benzene rings is 1. The van der Waals surface area contributed by atoms with Crippen LogP contribution in [0, 0.1) is 19.8 Å². The van der Waals surface area contributed by atoms with E-state index in [1.807, 2.05) is 26.0 Å². The number of methoxy groups -OCH3 is 1. The van der Waals surface area contributed by atoms with Crippen LogP contribution >= 0.6 is 0 Å². The first-order valence-corrected chi connectivity index (χ1v) is 7.69. The molecule has 1 rings (SSSR count). The summed E-state index contributed by atoms with van der Waals surface area (Å²) in [5.41, 5.74) is 2.62. The number of carbonyl (C=O) groups is 2. The second kappa shape index (κ2) is 8.57. The molecule has 122 valence electrons. The number of hydrogen-bond donors (Lipinski definition) is 0. The zero-order valence-electron chi connectivity index (χ0n) is 14.2. The molecule has 0 amide bonds. The van der Waals surface area contributed by atoms with Gasteiger partial charge in [0.1, 0.15) is 5.75 Å². The number of Topliss-reactive ketones (excluding diaryl/α,β-unsaturated/α-hetero) is 1. The minimum Gasteiger partial charge on any atom is -0.492 e. The first kappa shape index (κ1) is 18.2. The van der Waals surface area contributed by atoms with Crippen LogP contribution in [0.2, 0.25) is 0 Å². The first-order valence-electron chi connectivity index (χ1n) is 7.69. The Kier molecular flexibility index (Phi) is 7.09. The number of carbonyl (C=O) groups excluding carboxylic acids is 2. The third-order valence-corrected chi connectivity index (χ3v) is 3.29. The van der Waals surface area contributed by atoms with Crippen molar-refractivity contribution in [3.63, 3.8) is 0 Å². The number of esters is 1. The number of ether oxygens (including phenoxy) is 2. The van der Waals surface area contributed by atoms with E-state index in [2.05, 4.69) is 18.6 Å². The molecule has 0 bridgehead atoms. The molecule has 0 aliphatic rings. The lowest BCUT2D eigenvalue weighted by Crippen LogP contribution is -2.11. The summed E-state index contributed by atoms with van der Waals surface area (Å²) in [4.78, 5) is 23.6. The van der Waals surface area contributed by atoms with Crippen molar-refractivity contribution in [1.82, 2.24) is 0 Å². The summed E-state index contributed by atoms with van der Waals surface area (Å²) in [5.74, 6) is 0.782. The maximum Gasteiger partial charge on any atom is 0.305 e. The molecule has 1 aromatic carbocycles. The average Bonchev–Trinajstić information content (AvgIpc) is 2.44. The van der Waals surface area contributed by atoms with E-state index in [0.717, 1.165) is 11.1 Å². The fourth-order valence-corrected chi connectivity index (χ4v) is 2.23. The van der Waals surface area contributed by atoms with Gasteiger partial charge in [0.2, 0.25) is 0 Å². The van der Waals surface area contributed by atoms with Gasteiger partial charge in [-0.05, 0) is 43.4 Å². The monoisotopic (exact) mass is 306 g/mol. The standard InChI is InChI=1S/C18H26O4/c1-12(2)11-22-18-14(4)9-13(3)10-15(18)16(19)7-6-8-17(20)21-5/h9-10,12H,6-8,11H2,1-5H3. The van der Waals surface area contributed by atoms with Crippen LogP contribution in [0.25, 0.3) is 0 Å². The maximum absolute atomic E-state index is 12.5. The van der Waals surface area contributed by atoms with Gasteiger partial charge >= 0.3 is 5.97 Å². The average molecular weight is 306 g/mol. The van der Waals surface area contributed by atoms with E-state index in [9.17, 15) is 9.59 Å². The van der Waals surface area contributed by atoms with Crippen LogP contribution in [0.5, 0.6) is 5.75 Å². The predicted octanol–water partition coefficient (Wildman–Crippen LogP) is 3.86. The number of ketones is 1. The Labute approximate surface area is 132 Å². The Morgan fingerprint density at radius 1 is 1.14 bits per heavy atom. The molecule has 22 heavy (non-hydrogen) atoms. The number of aryl methyl sites for hydroxylation is 2. The molecule has 0 aliphatic heterocycles. The summed E-state index contributed by atoms with van der Waals surface area (Å²) < 4.78 is 10.4. The van der Waals surface area contributed by atoms with Crippen molar-refractivity contribution in [2.24, 2.45) is 5.92 Å². The van der Waals surface area contributed by atoms with Crippen LogP contribution in [0.3, 0.4) is 0 Å². The molecule has 1 aromatic rings. The van der Waals surface area contributed by atoms with Crippen molar-refractivity contribution >= 4 is 11.8 Å². The summed E-state index contributed by atoms with van der Waals surface area (Å²) in [7, 11) is 1.35. The molecule has 0 aliphatic carbocycles. The highest BCUT2D eigenvalue weighted by Crippen LogP contribution is 2.27. The van der Waals surface area contributed by atoms with Gasteiger partial charge < -0.3 is 9.47 Å². The maximum atomic E-state index is 12.5. The van der Waals surface area contributed by atoms with Gasteiger partial charge in [0.25, 0.3) is 0 Å². The molecule has 0 unspecified atom stereocenters. The molecule has 0 fully saturated rings. The lowest BCUT2D eigenvalue weighted by atomic mass is 9.99. The molecule has 0 atom stereocenters. The molecule has 0 saturated carbocycles. The van der Waals surface area contributed by atoms with E-state index >= 15 is 0 Å². The highest BCUT2D eigenvalue weighted by molar-refractivity contribution is 5.99. The summed E-state index contributed by atoms with van der Waals surface area (Å²) >= 11 is 0. The summed E-state index contributed by atoms with van der Waals surface area (Å²) in [5, 5.41) is 0. The van der Waals surface area contributed by atoms with Gasteiger partial charge in [-0.25, -0.2) is 0 Å². The summed E-state index contributed by atoms with van der Waals surface area (Å²) in [6.07, 6.45) is 1.06. The molecule has 0 N–H and O–H groups in total. The number of hydrogen-bond acceptors (Lipinski definition) is 4. The first-order chi connectivity index (χ1) is 10.3. The van der Waals surface area contributed by atoms with Gasteiger partial charge in [-0.3, -0.25) is 9.59 Å². The van der Waals surface area contributed by atoms with Gasteiger partial charge in [-0.1, -0.05) is 19.9 Å². The van der Waals surface area contributed by atoms with Crippen LogP contribution in [0.15, 0.2) is 12.1 Å². The second-order valence-corrected chi connectivity index (χ2v) is 6.02. The van der Waals surface area contributed by atoms with Gasteiger partial charge in [-0.15, -0.1) is 0 Å². The van der Waals surface area contributed by atoms with Crippen LogP contribution in [0.1, 0.15) is 54.6 Å². The molecule has 0 heterocycles. The van der Waals surface area contributed by atoms with E-state index in [4.69, 9.17) is 4.74 Å². The Bertz CT molecular complexity index is 532. The normalized spacial score (nSPS) is 10.6. The molecular weight excluding hydrogens is 280 g/mol. The number of rotatable bonds is 8. The largest absolute Gasteiger partial charge is 0.492 e. The van der Waals surface area contributed by atoms with Crippen molar-refractivity contribution in [2.75, 3.05) is 13.7 Å². The van der Waals surface area contributed by atoms with Crippen molar-refractivity contribution in [3.8, 4) is 5.75 Å².